The summed E-state index contributed by atoms with van der Waals surface area (Å²) in [4.78, 5) is 12.4. The summed E-state index contributed by atoms with van der Waals surface area (Å²) in [5.74, 6) is -0.0944. The van der Waals surface area contributed by atoms with Gasteiger partial charge in [0.25, 0.3) is 0 Å². The van der Waals surface area contributed by atoms with Gasteiger partial charge in [0, 0.05) is 16.2 Å². The van der Waals surface area contributed by atoms with Gasteiger partial charge in [-0.15, -0.1) is 0 Å². The quantitative estimate of drug-likeness (QED) is 0.609. The summed E-state index contributed by atoms with van der Waals surface area (Å²) in [6, 6.07) is 5.65. The summed E-state index contributed by atoms with van der Waals surface area (Å²) < 4.78 is 2.45. The van der Waals surface area contributed by atoms with Crippen LogP contribution in [0.15, 0.2) is 24.4 Å². The van der Waals surface area contributed by atoms with E-state index in [4.69, 9.17) is 11.6 Å². The average molecular weight is 361 g/mol. The van der Waals surface area contributed by atoms with Gasteiger partial charge in [-0.25, -0.2) is 0 Å². The zero-order valence-electron chi connectivity index (χ0n) is 9.37. The fourth-order valence-corrected chi connectivity index (χ4v) is 2.47. The maximum absolute atomic E-state index is 12.4. The van der Waals surface area contributed by atoms with E-state index in [1.54, 1.807) is 13.1 Å². The zero-order chi connectivity index (χ0) is 12.6. The first-order chi connectivity index (χ1) is 8.02. The number of benzene rings is 1. The van der Waals surface area contributed by atoms with E-state index in [-0.39, 0.29) is 5.78 Å². The third kappa shape index (κ3) is 2.24. The summed E-state index contributed by atoms with van der Waals surface area (Å²) >= 11 is 8.15. The molecule has 0 unspecified atom stereocenters. The number of hydrogen-bond acceptors (Lipinski definition) is 2. The topological polar surface area (TPSA) is 34.9 Å². The summed E-state index contributed by atoms with van der Waals surface area (Å²) in [5.41, 5.74) is 2.17. The highest BCUT2D eigenvalue weighted by Gasteiger charge is 2.20. The molecule has 0 fully saturated rings. The van der Waals surface area contributed by atoms with Gasteiger partial charge in [0.2, 0.25) is 5.78 Å². The molecule has 0 bridgehead atoms. The Morgan fingerprint density at radius 2 is 2.18 bits per heavy atom. The average Bonchev–Trinajstić information content (AvgIpc) is 2.62. The van der Waals surface area contributed by atoms with Crippen LogP contribution in [0.5, 0.6) is 0 Å². The van der Waals surface area contributed by atoms with Crippen LogP contribution in [0.1, 0.15) is 21.6 Å². The van der Waals surface area contributed by atoms with Crippen LogP contribution in [0.2, 0.25) is 5.02 Å². The Labute approximate surface area is 118 Å². The normalized spacial score (nSPS) is 10.6. The predicted molar refractivity (Wildman–Crippen MR) is 75.5 cm³/mol. The molecule has 17 heavy (non-hydrogen) atoms. The van der Waals surface area contributed by atoms with Crippen LogP contribution in [-0.2, 0) is 7.05 Å². The van der Waals surface area contributed by atoms with E-state index in [2.05, 4.69) is 27.7 Å². The lowest BCUT2D eigenvalue weighted by Gasteiger charge is -2.06. The van der Waals surface area contributed by atoms with Crippen molar-refractivity contribution in [2.45, 2.75) is 6.92 Å². The summed E-state index contributed by atoms with van der Waals surface area (Å²) in [6.45, 7) is 1.98. The van der Waals surface area contributed by atoms with E-state index in [0.29, 0.717) is 16.3 Å². The molecule has 0 aliphatic rings. The third-order valence-corrected chi connectivity index (χ3v) is 4.25. The van der Waals surface area contributed by atoms with Gasteiger partial charge in [-0.1, -0.05) is 23.7 Å². The van der Waals surface area contributed by atoms with Gasteiger partial charge in [0.15, 0.2) is 0 Å². The van der Waals surface area contributed by atoms with Crippen molar-refractivity contribution in [3.8, 4) is 0 Å². The van der Waals surface area contributed by atoms with Crippen LogP contribution in [0.25, 0.3) is 0 Å². The van der Waals surface area contributed by atoms with Crippen LogP contribution in [-0.4, -0.2) is 15.6 Å². The second-order valence-electron chi connectivity index (χ2n) is 3.73. The lowest BCUT2D eigenvalue weighted by atomic mass is 10.1. The Bertz CT molecular complexity index is 573. The van der Waals surface area contributed by atoms with Gasteiger partial charge in [0.05, 0.1) is 11.2 Å². The molecule has 1 aromatic carbocycles. The Morgan fingerprint density at radius 1 is 1.47 bits per heavy atom. The number of halogens is 2. The standard InChI is InChI=1S/C12H10ClIN2O/c1-7-4-3-5-8(10(7)14)12(17)11-9(13)6-15-16(11)2/h3-6H,1-2H3. The SMILES string of the molecule is Cc1cccc(C(=O)c2c(Cl)cnn2C)c1I. The molecule has 3 nitrogen and oxygen atoms in total. The second-order valence-corrected chi connectivity index (χ2v) is 5.22. The Morgan fingerprint density at radius 3 is 2.76 bits per heavy atom. The fraction of sp³-hybridized carbons (Fsp3) is 0.167. The molecule has 2 aromatic rings. The highest BCUT2D eigenvalue weighted by atomic mass is 127. The van der Waals surface area contributed by atoms with E-state index < -0.39 is 0 Å². The molecule has 0 N–H and O–H groups in total. The van der Waals surface area contributed by atoms with Crippen LogP contribution in [0.3, 0.4) is 0 Å². The van der Waals surface area contributed by atoms with Crippen LogP contribution >= 0.6 is 34.2 Å². The minimum atomic E-state index is -0.0944. The highest BCUT2D eigenvalue weighted by molar-refractivity contribution is 14.1. The van der Waals surface area contributed by atoms with Crippen molar-refractivity contribution in [1.82, 2.24) is 9.78 Å². The lowest BCUT2D eigenvalue weighted by molar-refractivity contribution is 0.102. The molecule has 1 aromatic heterocycles. The van der Waals surface area contributed by atoms with Crippen LogP contribution in [0, 0.1) is 10.5 Å². The van der Waals surface area contributed by atoms with Crippen molar-refractivity contribution < 1.29 is 4.79 Å². The van der Waals surface area contributed by atoms with Gasteiger partial charge >= 0.3 is 0 Å². The van der Waals surface area contributed by atoms with Crippen molar-refractivity contribution in [2.75, 3.05) is 0 Å². The van der Waals surface area contributed by atoms with Gasteiger partial charge < -0.3 is 0 Å². The summed E-state index contributed by atoms with van der Waals surface area (Å²) in [5, 5.41) is 4.36. The maximum atomic E-state index is 12.4. The minimum absolute atomic E-state index is 0.0944. The molecule has 1 heterocycles. The largest absolute Gasteiger partial charge is 0.287 e. The van der Waals surface area contributed by atoms with Crippen molar-refractivity contribution >= 4 is 40.0 Å². The Hall–Kier alpha value is -0.880. The number of hydrogen-bond donors (Lipinski definition) is 0. The number of ketones is 1. The van der Waals surface area contributed by atoms with Crippen molar-refractivity contribution in [2.24, 2.45) is 7.05 Å². The first-order valence-electron chi connectivity index (χ1n) is 4.99. The zero-order valence-corrected chi connectivity index (χ0v) is 12.3. The van der Waals surface area contributed by atoms with E-state index in [0.717, 1.165) is 9.13 Å². The van der Waals surface area contributed by atoms with Crippen molar-refractivity contribution in [3.05, 3.63) is 49.8 Å². The van der Waals surface area contributed by atoms with Crippen LogP contribution in [0.4, 0.5) is 0 Å². The molecular weight excluding hydrogens is 351 g/mol. The third-order valence-electron chi connectivity index (χ3n) is 2.55. The second kappa shape index (κ2) is 4.78. The van der Waals surface area contributed by atoms with Gasteiger partial charge in [-0.3, -0.25) is 9.48 Å². The molecule has 0 saturated carbocycles. The van der Waals surface area contributed by atoms with E-state index in [1.165, 1.54) is 10.9 Å². The highest BCUT2D eigenvalue weighted by Crippen LogP contribution is 2.23. The van der Waals surface area contributed by atoms with Crippen LogP contribution < -0.4 is 0 Å². The predicted octanol–water partition coefficient (Wildman–Crippen LogP) is 3.22. The molecular formula is C12H10ClIN2O. The maximum Gasteiger partial charge on any atom is 0.213 e. The van der Waals surface area contributed by atoms with Crippen molar-refractivity contribution in [3.63, 3.8) is 0 Å². The Kier molecular flexibility index (Phi) is 3.53. The first kappa shape index (κ1) is 12.6. The number of carbonyl (C=O) groups is 1. The molecule has 0 aliphatic carbocycles. The first-order valence-corrected chi connectivity index (χ1v) is 6.45. The molecule has 2 rings (SSSR count). The smallest absolute Gasteiger partial charge is 0.213 e. The number of carbonyl (C=O) groups excluding carboxylic acids is 1. The minimum Gasteiger partial charge on any atom is -0.287 e. The number of aryl methyl sites for hydroxylation is 2. The number of nitrogens with zero attached hydrogens (tertiary/aromatic N) is 2. The lowest BCUT2D eigenvalue weighted by Crippen LogP contribution is -2.10. The monoisotopic (exact) mass is 360 g/mol. The molecule has 0 atom stereocenters. The Balaban J connectivity index is 2.55. The molecule has 0 saturated heterocycles. The van der Waals surface area contributed by atoms with Crippen molar-refractivity contribution in [1.29, 1.82) is 0 Å². The summed E-state index contributed by atoms with van der Waals surface area (Å²) in [7, 11) is 1.71. The molecule has 0 radical (unpaired) electrons. The molecule has 0 spiro atoms. The molecule has 0 aliphatic heterocycles. The van der Waals surface area contributed by atoms with Gasteiger partial charge in [0.1, 0.15) is 5.69 Å². The van der Waals surface area contributed by atoms with E-state index in [9.17, 15) is 4.79 Å². The molecule has 88 valence electrons. The van der Waals surface area contributed by atoms with E-state index in [1.807, 2.05) is 19.1 Å². The van der Waals surface area contributed by atoms with Gasteiger partial charge in [-0.05, 0) is 41.1 Å². The number of rotatable bonds is 2. The van der Waals surface area contributed by atoms with Gasteiger partial charge in [-0.2, -0.15) is 5.10 Å². The molecule has 0 amide bonds. The summed E-state index contributed by atoms with van der Waals surface area (Å²) in [6.07, 6.45) is 1.48. The number of aromatic nitrogens is 2. The fourth-order valence-electron chi connectivity index (χ4n) is 1.62. The molecule has 5 heteroatoms. The van der Waals surface area contributed by atoms with E-state index >= 15 is 0 Å².